The molecular formula is C22H19N5O2. The Morgan fingerprint density at radius 3 is 2.41 bits per heavy atom. The first kappa shape index (κ1) is 18.4. The number of nitrogens with one attached hydrogen (secondary N) is 2. The third-order valence-electron chi connectivity index (χ3n) is 4.41. The Labute approximate surface area is 167 Å². The Morgan fingerprint density at radius 2 is 1.62 bits per heavy atom. The molecule has 2 amide bonds. The maximum absolute atomic E-state index is 12.4. The summed E-state index contributed by atoms with van der Waals surface area (Å²) in [7, 11) is 0. The van der Waals surface area contributed by atoms with Crippen LogP contribution in [0.25, 0.3) is 11.4 Å². The molecule has 2 aromatic heterocycles. The van der Waals surface area contributed by atoms with Gasteiger partial charge in [0.05, 0.1) is 6.42 Å². The summed E-state index contributed by atoms with van der Waals surface area (Å²) >= 11 is 0. The van der Waals surface area contributed by atoms with Crippen molar-refractivity contribution in [1.82, 2.24) is 15.1 Å². The van der Waals surface area contributed by atoms with Crippen LogP contribution in [0.3, 0.4) is 0 Å². The van der Waals surface area contributed by atoms with Crippen LogP contribution in [0.1, 0.15) is 17.0 Å². The normalized spacial score (nSPS) is 10.5. The minimum Gasteiger partial charge on any atom is -0.339 e. The highest BCUT2D eigenvalue weighted by Gasteiger charge is 2.13. The molecule has 0 atom stereocenters. The summed E-state index contributed by atoms with van der Waals surface area (Å²) in [5, 5.41) is 9.79. The van der Waals surface area contributed by atoms with Gasteiger partial charge in [0.15, 0.2) is 0 Å². The Kier molecular flexibility index (Phi) is 5.29. The first-order valence-corrected chi connectivity index (χ1v) is 9.13. The second kappa shape index (κ2) is 8.35. The number of hydrogen-bond acceptors (Lipinski definition) is 5. The summed E-state index contributed by atoms with van der Waals surface area (Å²) in [6.07, 6.45) is 3.76. The number of aryl methyl sites for hydroxylation is 1. The number of nitrogens with zero attached hydrogens (tertiary/aromatic N) is 3. The molecule has 0 aliphatic heterocycles. The van der Waals surface area contributed by atoms with Crippen molar-refractivity contribution in [2.24, 2.45) is 0 Å². The molecule has 29 heavy (non-hydrogen) atoms. The van der Waals surface area contributed by atoms with Crippen molar-refractivity contribution in [3.8, 4) is 11.4 Å². The molecule has 7 heteroatoms. The number of urea groups is 1. The molecule has 2 heterocycles. The van der Waals surface area contributed by atoms with E-state index in [-0.39, 0.29) is 6.03 Å². The van der Waals surface area contributed by atoms with E-state index < -0.39 is 0 Å². The average molecular weight is 385 g/mol. The van der Waals surface area contributed by atoms with Gasteiger partial charge in [-0.3, -0.25) is 4.98 Å². The van der Waals surface area contributed by atoms with E-state index in [1.807, 2.05) is 67.6 Å². The maximum atomic E-state index is 12.4. The van der Waals surface area contributed by atoms with Crippen LogP contribution in [0.15, 0.2) is 77.6 Å². The quantitative estimate of drug-likeness (QED) is 0.520. The predicted octanol–water partition coefficient (Wildman–Crippen LogP) is 4.67. The zero-order chi connectivity index (χ0) is 20.1. The van der Waals surface area contributed by atoms with Gasteiger partial charge >= 0.3 is 6.03 Å². The molecule has 2 N–H and O–H groups in total. The molecular weight excluding hydrogens is 366 g/mol. The monoisotopic (exact) mass is 385 g/mol. The first-order valence-electron chi connectivity index (χ1n) is 9.13. The van der Waals surface area contributed by atoms with Gasteiger partial charge in [0, 0.05) is 29.3 Å². The molecule has 0 saturated heterocycles. The fraction of sp³-hybridized carbons (Fsp3) is 0.0909. The predicted molar refractivity (Wildman–Crippen MR) is 111 cm³/mol. The SMILES string of the molecule is Cc1ccccc1NC(=O)Nc1ccccc1Cc1nc(-c2ccncc2)no1. The van der Waals surface area contributed by atoms with Gasteiger partial charge in [-0.15, -0.1) is 0 Å². The lowest BCUT2D eigenvalue weighted by molar-refractivity contribution is 0.262. The maximum Gasteiger partial charge on any atom is 0.323 e. The van der Waals surface area contributed by atoms with Gasteiger partial charge in [0.2, 0.25) is 11.7 Å². The molecule has 0 spiro atoms. The summed E-state index contributed by atoms with van der Waals surface area (Å²) in [4.78, 5) is 20.9. The van der Waals surface area contributed by atoms with E-state index in [1.54, 1.807) is 12.4 Å². The highest BCUT2D eigenvalue weighted by Crippen LogP contribution is 2.21. The number of benzene rings is 2. The standard InChI is InChI=1S/C22H19N5O2/c1-15-6-2-4-8-18(15)24-22(28)25-19-9-5-3-7-17(19)14-20-26-21(27-29-20)16-10-12-23-13-11-16/h2-13H,14H2,1H3,(H2,24,25,28). The van der Waals surface area contributed by atoms with Crippen molar-refractivity contribution in [3.05, 3.63) is 90.1 Å². The Hall–Kier alpha value is -4.00. The summed E-state index contributed by atoms with van der Waals surface area (Å²) in [5.41, 5.74) is 4.14. The fourth-order valence-electron chi connectivity index (χ4n) is 2.89. The zero-order valence-corrected chi connectivity index (χ0v) is 15.8. The number of carbonyl (C=O) groups is 1. The topological polar surface area (TPSA) is 92.9 Å². The van der Waals surface area contributed by atoms with Crippen molar-refractivity contribution < 1.29 is 9.32 Å². The molecule has 0 unspecified atom stereocenters. The summed E-state index contributed by atoms with van der Waals surface area (Å²) < 4.78 is 5.38. The molecule has 2 aromatic carbocycles. The van der Waals surface area contributed by atoms with Crippen molar-refractivity contribution in [3.63, 3.8) is 0 Å². The summed E-state index contributed by atoms with van der Waals surface area (Å²) in [6, 6.07) is 18.5. The van der Waals surface area contributed by atoms with Crippen LogP contribution in [0.4, 0.5) is 16.2 Å². The second-order valence-electron chi connectivity index (χ2n) is 6.48. The summed E-state index contributed by atoms with van der Waals surface area (Å²) in [5.74, 6) is 0.968. The van der Waals surface area contributed by atoms with Crippen LogP contribution >= 0.6 is 0 Å². The third kappa shape index (κ3) is 4.47. The number of pyridine rings is 1. The highest BCUT2D eigenvalue weighted by atomic mass is 16.5. The average Bonchev–Trinajstić information content (AvgIpc) is 3.20. The Morgan fingerprint density at radius 1 is 0.931 bits per heavy atom. The lowest BCUT2D eigenvalue weighted by Gasteiger charge is -2.12. The van der Waals surface area contributed by atoms with Crippen LogP contribution in [0.2, 0.25) is 0 Å². The summed E-state index contributed by atoms with van der Waals surface area (Å²) in [6.45, 7) is 1.94. The second-order valence-corrected chi connectivity index (χ2v) is 6.48. The minimum absolute atomic E-state index is 0.310. The molecule has 7 nitrogen and oxygen atoms in total. The van der Waals surface area contributed by atoms with Crippen LogP contribution in [0, 0.1) is 6.92 Å². The zero-order valence-electron chi connectivity index (χ0n) is 15.8. The highest BCUT2D eigenvalue weighted by molar-refractivity contribution is 6.00. The van der Waals surface area contributed by atoms with Crippen molar-refractivity contribution in [1.29, 1.82) is 0 Å². The van der Waals surface area contributed by atoms with Crippen LogP contribution < -0.4 is 10.6 Å². The number of amides is 2. The van der Waals surface area contributed by atoms with E-state index in [0.717, 1.165) is 22.4 Å². The van der Waals surface area contributed by atoms with E-state index >= 15 is 0 Å². The largest absolute Gasteiger partial charge is 0.339 e. The Balaban J connectivity index is 1.48. The van der Waals surface area contributed by atoms with E-state index in [1.165, 1.54) is 0 Å². The molecule has 0 bridgehead atoms. The lowest BCUT2D eigenvalue weighted by atomic mass is 10.1. The van der Waals surface area contributed by atoms with E-state index in [0.29, 0.717) is 23.8 Å². The van der Waals surface area contributed by atoms with Gasteiger partial charge in [-0.2, -0.15) is 4.98 Å². The van der Waals surface area contributed by atoms with E-state index in [4.69, 9.17) is 4.52 Å². The molecule has 0 saturated carbocycles. The van der Waals surface area contributed by atoms with Crippen LogP contribution in [-0.2, 0) is 6.42 Å². The number of para-hydroxylation sites is 2. The number of aromatic nitrogens is 3. The molecule has 0 fully saturated rings. The number of carbonyl (C=O) groups excluding carboxylic acids is 1. The van der Waals surface area contributed by atoms with Gasteiger partial charge < -0.3 is 15.2 Å². The van der Waals surface area contributed by atoms with Crippen molar-refractivity contribution in [2.75, 3.05) is 10.6 Å². The number of hydrogen-bond donors (Lipinski definition) is 2. The van der Waals surface area contributed by atoms with Crippen LogP contribution in [-0.4, -0.2) is 21.2 Å². The van der Waals surface area contributed by atoms with Gasteiger partial charge in [0.1, 0.15) is 0 Å². The smallest absolute Gasteiger partial charge is 0.323 e. The molecule has 0 radical (unpaired) electrons. The van der Waals surface area contributed by atoms with Gasteiger partial charge in [0.25, 0.3) is 0 Å². The van der Waals surface area contributed by atoms with Crippen molar-refractivity contribution >= 4 is 17.4 Å². The minimum atomic E-state index is -0.310. The lowest BCUT2D eigenvalue weighted by Crippen LogP contribution is -2.20. The van der Waals surface area contributed by atoms with Crippen LogP contribution in [0.5, 0.6) is 0 Å². The van der Waals surface area contributed by atoms with Gasteiger partial charge in [-0.25, -0.2) is 4.79 Å². The molecule has 0 aliphatic rings. The molecule has 4 rings (SSSR count). The van der Waals surface area contributed by atoms with Gasteiger partial charge in [-0.1, -0.05) is 41.6 Å². The Bertz CT molecular complexity index is 1120. The molecule has 0 aliphatic carbocycles. The van der Waals surface area contributed by atoms with E-state index in [9.17, 15) is 4.79 Å². The number of rotatable bonds is 5. The fourth-order valence-corrected chi connectivity index (χ4v) is 2.89. The first-order chi connectivity index (χ1) is 14.2. The molecule has 144 valence electrons. The number of anilines is 2. The third-order valence-corrected chi connectivity index (χ3v) is 4.41. The van der Waals surface area contributed by atoms with Gasteiger partial charge in [-0.05, 0) is 42.3 Å². The van der Waals surface area contributed by atoms with E-state index in [2.05, 4.69) is 25.8 Å². The van der Waals surface area contributed by atoms with Crippen molar-refractivity contribution in [2.45, 2.75) is 13.3 Å². The molecule has 4 aromatic rings.